The summed E-state index contributed by atoms with van der Waals surface area (Å²) in [6, 6.07) is 6.29. The topological polar surface area (TPSA) is 78.9 Å². The maximum Gasteiger partial charge on any atom is 0.347 e. The lowest BCUT2D eigenvalue weighted by atomic mass is 9.69. The predicted molar refractivity (Wildman–Crippen MR) is 139 cm³/mol. The number of hydrogen-bond acceptors (Lipinski definition) is 6. The molecule has 0 aromatic heterocycles. The van der Waals surface area contributed by atoms with E-state index in [0.29, 0.717) is 12.4 Å². The molecule has 2 aliphatic carbocycles. The van der Waals surface area contributed by atoms with E-state index < -0.39 is 18.0 Å². The van der Waals surface area contributed by atoms with E-state index >= 15 is 0 Å². The SMILES string of the molecule is CCCCOC(=O)[C@@H](C)OC(=O)c1ccc(OC(=O)C2CCC(C3CCC(CCC)CC3)CC2)cc1. The van der Waals surface area contributed by atoms with Crippen LogP contribution in [0.3, 0.4) is 0 Å². The smallest absolute Gasteiger partial charge is 0.347 e. The first-order valence-electron chi connectivity index (χ1n) is 14.1. The summed E-state index contributed by atoms with van der Waals surface area (Å²) in [5.41, 5.74) is 0.289. The van der Waals surface area contributed by atoms with Crippen LogP contribution in [0, 0.1) is 23.7 Å². The number of rotatable bonds is 11. The molecule has 3 rings (SSSR count). The van der Waals surface area contributed by atoms with Crippen molar-refractivity contribution < 1.29 is 28.6 Å². The van der Waals surface area contributed by atoms with Crippen molar-refractivity contribution in [2.24, 2.45) is 23.7 Å². The predicted octanol–water partition coefficient (Wildman–Crippen LogP) is 6.89. The van der Waals surface area contributed by atoms with Gasteiger partial charge in [0, 0.05) is 0 Å². The van der Waals surface area contributed by atoms with Gasteiger partial charge in [-0.3, -0.25) is 4.79 Å². The molecule has 0 amide bonds. The summed E-state index contributed by atoms with van der Waals surface area (Å²) in [5, 5.41) is 0. The molecule has 1 aromatic rings. The molecule has 1 aromatic carbocycles. The van der Waals surface area contributed by atoms with E-state index in [0.717, 1.165) is 56.3 Å². The largest absolute Gasteiger partial charge is 0.463 e. The normalized spacial score (nSPS) is 25.0. The van der Waals surface area contributed by atoms with E-state index in [1.807, 2.05) is 6.92 Å². The zero-order valence-electron chi connectivity index (χ0n) is 22.3. The highest BCUT2D eigenvalue weighted by molar-refractivity contribution is 5.91. The summed E-state index contributed by atoms with van der Waals surface area (Å²) in [6.07, 6.45) is 12.9. The Hall–Kier alpha value is -2.37. The second-order valence-electron chi connectivity index (χ2n) is 10.7. The van der Waals surface area contributed by atoms with Crippen molar-refractivity contribution in [1.29, 1.82) is 0 Å². The van der Waals surface area contributed by atoms with Crippen LogP contribution in [0.5, 0.6) is 5.75 Å². The van der Waals surface area contributed by atoms with E-state index in [1.54, 1.807) is 24.3 Å². The second-order valence-corrected chi connectivity index (χ2v) is 10.7. The van der Waals surface area contributed by atoms with Crippen molar-refractivity contribution in [2.45, 2.75) is 104 Å². The van der Waals surface area contributed by atoms with Gasteiger partial charge in [-0.1, -0.05) is 46.0 Å². The number of esters is 3. The molecule has 0 spiro atoms. The molecule has 1 atom stereocenters. The summed E-state index contributed by atoms with van der Waals surface area (Å²) in [6.45, 7) is 6.10. The van der Waals surface area contributed by atoms with E-state index in [2.05, 4.69) is 6.92 Å². The maximum atomic E-state index is 12.7. The Morgan fingerprint density at radius 1 is 0.861 bits per heavy atom. The van der Waals surface area contributed by atoms with Crippen molar-refractivity contribution in [1.82, 2.24) is 0 Å². The summed E-state index contributed by atoms with van der Waals surface area (Å²) in [7, 11) is 0. The van der Waals surface area contributed by atoms with Crippen LogP contribution < -0.4 is 4.74 Å². The minimum Gasteiger partial charge on any atom is -0.463 e. The maximum absolute atomic E-state index is 12.7. The van der Waals surface area contributed by atoms with Gasteiger partial charge in [0.15, 0.2) is 6.10 Å². The molecule has 6 nitrogen and oxygen atoms in total. The van der Waals surface area contributed by atoms with Gasteiger partial charge in [0.25, 0.3) is 0 Å². The minimum absolute atomic E-state index is 0.0538. The van der Waals surface area contributed by atoms with Crippen LogP contribution in [0.4, 0.5) is 0 Å². The fourth-order valence-corrected chi connectivity index (χ4v) is 5.75. The molecule has 0 saturated heterocycles. The lowest BCUT2D eigenvalue weighted by Crippen LogP contribution is -2.30. The molecule has 2 aliphatic rings. The van der Waals surface area contributed by atoms with Crippen LogP contribution in [-0.2, 0) is 19.1 Å². The van der Waals surface area contributed by atoms with Crippen LogP contribution in [0.1, 0.15) is 108 Å². The fourth-order valence-electron chi connectivity index (χ4n) is 5.75. The Bertz CT molecular complexity index is 832. The van der Waals surface area contributed by atoms with Crippen molar-refractivity contribution in [2.75, 3.05) is 6.61 Å². The minimum atomic E-state index is -0.978. The van der Waals surface area contributed by atoms with Gasteiger partial charge in [0.05, 0.1) is 18.1 Å². The van der Waals surface area contributed by atoms with E-state index in [9.17, 15) is 14.4 Å². The summed E-state index contributed by atoms with van der Waals surface area (Å²) >= 11 is 0. The molecule has 2 saturated carbocycles. The molecule has 0 bridgehead atoms. The number of carbonyl (C=O) groups excluding carboxylic acids is 3. The highest BCUT2D eigenvalue weighted by atomic mass is 16.6. The Morgan fingerprint density at radius 3 is 2.06 bits per heavy atom. The highest BCUT2D eigenvalue weighted by Crippen LogP contribution is 2.42. The lowest BCUT2D eigenvalue weighted by molar-refractivity contribution is -0.153. The van der Waals surface area contributed by atoms with Crippen LogP contribution in [-0.4, -0.2) is 30.6 Å². The van der Waals surface area contributed by atoms with Gasteiger partial charge >= 0.3 is 17.9 Å². The Kier molecular flexibility index (Phi) is 11.3. The van der Waals surface area contributed by atoms with Gasteiger partial charge < -0.3 is 14.2 Å². The molecule has 0 unspecified atom stereocenters. The highest BCUT2D eigenvalue weighted by Gasteiger charge is 2.33. The molecule has 0 aliphatic heterocycles. The molecule has 0 heterocycles. The molecule has 0 N–H and O–H groups in total. The van der Waals surface area contributed by atoms with Gasteiger partial charge in [0.1, 0.15) is 5.75 Å². The first kappa shape index (κ1) is 28.2. The zero-order valence-corrected chi connectivity index (χ0v) is 22.3. The average molecular weight is 501 g/mol. The number of hydrogen-bond donors (Lipinski definition) is 0. The van der Waals surface area contributed by atoms with Crippen LogP contribution in [0.2, 0.25) is 0 Å². The quantitative estimate of drug-likeness (QED) is 0.187. The van der Waals surface area contributed by atoms with Gasteiger partial charge in [0.2, 0.25) is 0 Å². The second kappa shape index (κ2) is 14.4. The molecule has 36 heavy (non-hydrogen) atoms. The summed E-state index contributed by atoms with van der Waals surface area (Å²) < 4.78 is 15.9. The Labute approximate surface area is 216 Å². The third-order valence-corrected chi connectivity index (χ3v) is 8.03. The molecule has 6 heteroatoms. The summed E-state index contributed by atoms with van der Waals surface area (Å²) in [4.78, 5) is 37.0. The standard InChI is InChI=1S/C30H44O6/c1-4-6-20-34-28(31)21(3)35-29(32)26-16-18-27(19-17-26)36-30(33)25-14-12-24(13-15-25)23-10-8-22(7-5-2)9-11-23/h16-19,21-25H,4-15,20H2,1-3H3/t21-,22?,23?,24?,25?/m1/s1. The van der Waals surface area contributed by atoms with E-state index in [-0.39, 0.29) is 17.5 Å². The number of benzene rings is 1. The zero-order chi connectivity index (χ0) is 25.9. The van der Waals surface area contributed by atoms with Gasteiger partial charge in [-0.15, -0.1) is 0 Å². The van der Waals surface area contributed by atoms with Crippen molar-refractivity contribution >= 4 is 17.9 Å². The molecule has 2 fully saturated rings. The monoisotopic (exact) mass is 500 g/mol. The van der Waals surface area contributed by atoms with E-state index in [4.69, 9.17) is 14.2 Å². The van der Waals surface area contributed by atoms with Gasteiger partial charge in [-0.2, -0.15) is 0 Å². The number of carbonyl (C=O) groups is 3. The van der Waals surface area contributed by atoms with Gasteiger partial charge in [-0.25, -0.2) is 9.59 Å². The lowest BCUT2D eigenvalue weighted by Gasteiger charge is -2.37. The fraction of sp³-hybridized carbons (Fsp3) is 0.700. The first-order chi connectivity index (χ1) is 17.4. The Morgan fingerprint density at radius 2 is 1.47 bits per heavy atom. The molecule has 200 valence electrons. The van der Waals surface area contributed by atoms with Crippen LogP contribution in [0.25, 0.3) is 0 Å². The third kappa shape index (κ3) is 8.35. The number of unbranched alkanes of at least 4 members (excludes halogenated alkanes) is 1. The van der Waals surface area contributed by atoms with Crippen molar-refractivity contribution in [3.8, 4) is 5.75 Å². The molecular formula is C30H44O6. The van der Waals surface area contributed by atoms with E-state index in [1.165, 1.54) is 45.4 Å². The Balaban J connectivity index is 1.40. The first-order valence-corrected chi connectivity index (χ1v) is 14.1. The third-order valence-electron chi connectivity index (χ3n) is 8.03. The average Bonchev–Trinajstić information content (AvgIpc) is 2.90. The van der Waals surface area contributed by atoms with Crippen molar-refractivity contribution in [3.05, 3.63) is 29.8 Å². The van der Waals surface area contributed by atoms with Gasteiger partial charge in [-0.05, 0) is 93.9 Å². The molecule has 0 radical (unpaired) electrons. The van der Waals surface area contributed by atoms with Crippen molar-refractivity contribution in [3.63, 3.8) is 0 Å². The summed E-state index contributed by atoms with van der Waals surface area (Å²) in [5.74, 6) is 1.54. The number of ether oxygens (including phenoxy) is 3. The molecular weight excluding hydrogens is 456 g/mol. The van der Waals surface area contributed by atoms with Crippen LogP contribution in [0.15, 0.2) is 24.3 Å². The van der Waals surface area contributed by atoms with Crippen LogP contribution >= 0.6 is 0 Å².